The van der Waals surface area contributed by atoms with Crippen molar-refractivity contribution in [3.63, 3.8) is 0 Å². The maximum absolute atomic E-state index is 13.1. The van der Waals surface area contributed by atoms with Gasteiger partial charge in [0.25, 0.3) is 0 Å². The Morgan fingerprint density at radius 1 is 0.972 bits per heavy atom. The van der Waals surface area contributed by atoms with Crippen molar-refractivity contribution in [1.29, 1.82) is 0 Å². The number of nitrogens with one attached hydrogen (secondary N) is 1. The molecule has 3 rings (SSSR count). The molecule has 1 heterocycles. The zero-order chi connectivity index (χ0) is 26.4. The van der Waals surface area contributed by atoms with E-state index in [4.69, 9.17) is 14.2 Å². The van der Waals surface area contributed by atoms with Crippen molar-refractivity contribution in [2.45, 2.75) is 43.3 Å². The number of carbonyl (C=O) groups excluding carboxylic acids is 1. The van der Waals surface area contributed by atoms with Crippen LogP contribution in [0.2, 0.25) is 0 Å². The maximum atomic E-state index is 13.1. The Morgan fingerprint density at radius 2 is 1.56 bits per heavy atom. The lowest BCUT2D eigenvalue weighted by Gasteiger charge is -2.38. The van der Waals surface area contributed by atoms with Crippen LogP contribution < -0.4 is 5.32 Å². The lowest BCUT2D eigenvalue weighted by atomic mass is 9.74. The van der Waals surface area contributed by atoms with Crippen molar-refractivity contribution < 1.29 is 45.3 Å². The molecule has 5 nitrogen and oxygen atoms in total. The fourth-order valence-electron chi connectivity index (χ4n) is 4.19. The first-order valence-electron chi connectivity index (χ1n) is 11.3. The Morgan fingerprint density at radius 3 is 2.08 bits per heavy atom. The summed E-state index contributed by atoms with van der Waals surface area (Å²) in [5.74, 6) is -0.850. The Bertz CT molecular complexity index is 972. The number of ether oxygens (including phenoxy) is 3. The van der Waals surface area contributed by atoms with Gasteiger partial charge in [0, 0.05) is 5.41 Å². The molecule has 2 aromatic rings. The van der Waals surface area contributed by atoms with E-state index in [-0.39, 0.29) is 30.3 Å². The molecule has 0 radical (unpaired) electrons. The molecule has 0 bridgehead atoms. The zero-order valence-electron chi connectivity index (χ0n) is 19.5. The van der Waals surface area contributed by atoms with Gasteiger partial charge in [0.05, 0.1) is 38.1 Å². The minimum Gasteiger partial charge on any atom is -0.467 e. The molecule has 198 valence electrons. The van der Waals surface area contributed by atoms with Crippen LogP contribution in [0.4, 0.5) is 26.3 Å². The second-order valence-electron chi connectivity index (χ2n) is 8.65. The molecule has 1 saturated heterocycles. The van der Waals surface area contributed by atoms with E-state index in [9.17, 15) is 31.1 Å². The highest BCUT2D eigenvalue weighted by Gasteiger charge is 2.37. The van der Waals surface area contributed by atoms with Crippen LogP contribution in [-0.4, -0.2) is 45.5 Å². The number of rotatable bonds is 9. The molecule has 2 aromatic carbocycles. The van der Waals surface area contributed by atoms with Gasteiger partial charge in [-0.25, -0.2) is 4.79 Å². The summed E-state index contributed by atoms with van der Waals surface area (Å²) in [6.45, 7) is 0.833. The number of piperidine rings is 1. The van der Waals surface area contributed by atoms with Crippen molar-refractivity contribution in [3.8, 4) is 0 Å². The number of methoxy groups -OCH3 is 1. The first-order chi connectivity index (χ1) is 16.9. The monoisotopic (exact) mass is 519 g/mol. The summed E-state index contributed by atoms with van der Waals surface area (Å²) in [7, 11) is 1.10. The fourth-order valence-corrected chi connectivity index (χ4v) is 4.19. The van der Waals surface area contributed by atoms with Crippen LogP contribution >= 0.6 is 0 Å². The lowest BCUT2D eigenvalue weighted by molar-refractivity contribution is -0.160. The van der Waals surface area contributed by atoms with E-state index >= 15 is 0 Å². The number of hydrogen-bond donors (Lipinski definition) is 1. The van der Waals surface area contributed by atoms with Crippen LogP contribution in [-0.2, 0) is 43.4 Å². The van der Waals surface area contributed by atoms with Crippen LogP contribution in [0.1, 0.15) is 35.1 Å². The molecule has 1 unspecified atom stereocenters. The molecule has 1 atom stereocenters. The van der Waals surface area contributed by atoms with E-state index in [1.165, 1.54) is 0 Å². The number of carbonyl (C=O) groups is 1. The van der Waals surface area contributed by atoms with Gasteiger partial charge in [-0.15, -0.1) is 0 Å². The van der Waals surface area contributed by atoms with Gasteiger partial charge in [0.15, 0.2) is 6.10 Å². The number of benzene rings is 2. The summed E-state index contributed by atoms with van der Waals surface area (Å²) in [5.41, 5.74) is -2.54. The van der Waals surface area contributed by atoms with E-state index < -0.39 is 42.2 Å². The van der Waals surface area contributed by atoms with Gasteiger partial charge in [-0.1, -0.05) is 30.3 Å². The first kappa shape index (κ1) is 27.9. The molecule has 0 aromatic heterocycles. The topological polar surface area (TPSA) is 56.8 Å². The van der Waals surface area contributed by atoms with Gasteiger partial charge in [0.2, 0.25) is 0 Å². The van der Waals surface area contributed by atoms with Gasteiger partial charge in [-0.3, -0.25) is 0 Å². The molecule has 1 aliphatic rings. The summed E-state index contributed by atoms with van der Waals surface area (Å²) >= 11 is 0. The number of hydrogen-bond acceptors (Lipinski definition) is 5. The summed E-state index contributed by atoms with van der Waals surface area (Å²) in [5, 5.41) is 3.29. The van der Waals surface area contributed by atoms with Gasteiger partial charge >= 0.3 is 18.3 Å². The predicted molar refractivity (Wildman–Crippen MR) is 118 cm³/mol. The van der Waals surface area contributed by atoms with Gasteiger partial charge in [-0.05, 0) is 55.3 Å². The third-order valence-corrected chi connectivity index (χ3v) is 6.16. The van der Waals surface area contributed by atoms with Crippen molar-refractivity contribution >= 4 is 5.97 Å². The molecule has 1 aliphatic heterocycles. The molecule has 1 fully saturated rings. The van der Waals surface area contributed by atoms with Crippen LogP contribution in [0.25, 0.3) is 0 Å². The van der Waals surface area contributed by atoms with Crippen LogP contribution in [0.15, 0.2) is 48.5 Å². The second kappa shape index (κ2) is 11.6. The van der Waals surface area contributed by atoms with E-state index in [0.717, 1.165) is 38.6 Å². The minimum absolute atomic E-state index is 0.0342. The van der Waals surface area contributed by atoms with E-state index in [2.05, 4.69) is 5.32 Å². The molecule has 0 spiro atoms. The molecule has 0 saturated carbocycles. The third kappa shape index (κ3) is 7.21. The molecular formula is C25H27F6NO4. The van der Waals surface area contributed by atoms with Gasteiger partial charge in [-0.2, -0.15) is 26.3 Å². The van der Waals surface area contributed by atoms with Gasteiger partial charge in [0.1, 0.15) is 0 Å². The molecule has 1 N–H and O–H groups in total. The highest BCUT2D eigenvalue weighted by molar-refractivity contribution is 5.74. The standard InChI is InChI=1S/C25H27F6NO4/c1-34-22(33)21(15-35-16-23(7-9-32-10-8-23)18-5-3-2-4-6-18)36-14-17-11-19(24(26,27)28)13-20(12-17)25(29,30)31/h2-6,11-13,21,32H,7-10,14-16H2,1H3. The zero-order valence-corrected chi connectivity index (χ0v) is 19.5. The number of halogens is 6. The number of alkyl halides is 6. The predicted octanol–water partition coefficient (Wildman–Crippen LogP) is 5.12. The lowest BCUT2D eigenvalue weighted by Crippen LogP contribution is -2.44. The average molecular weight is 519 g/mol. The third-order valence-electron chi connectivity index (χ3n) is 6.16. The van der Waals surface area contributed by atoms with Crippen LogP contribution in [0.3, 0.4) is 0 Å². The van der Waals surface area contributed by atoms with E-state index in [1.54, 1.807) is 0 Å². The Kier molecular flexibility index (Phi) is 9.02. The summed E-state index contributed by atoms with van der Waals surface area (Å²) < 4.78 is 94.7. The first-order valence-corrected chi connectivity index (χ1v) is 11.3. The second-order valence-corrected chi connectivity index (χ2v) is 8.65. The van der Waals surface area contributed by atoms with Crippen LogP contribution in [0.5, 0.6) is 0 Å². The largest absolute Gasteiger partial charge is 0.467 e. The van der Waals surface area contributed by atoms with Crippen LogP contribution in [0, 0.1) is 0 Å². The smallest absolute Gasteiger partial charge is 0.416 e. The summed E-state index contributed by atoms with van der Waals surface area (Å²) in [4.78, 5) is 12.2. The molecule has 0 amide bonds. The maximum Gasteiger partial charge on any atom is 0.416 e. The fraction of sp³-hybridized carbons (Fsp3) is 0.480. The molecule has 0 aliphatic carbocycles. The highest BCUT2D eigenvalue weighted by atomic mass is 19.4. The summed E-state index contributed by atoms with van der Waals surface area (Å²) in [6.07, 6.45) is -9.74. The number of esters is 1. The minimum atomic E-state index is -4.98. The van der Waals surface area contributed by atoms with E-state index in [1.807, 2.05) is 30.3 Å². The quantitative estimate of drug-likeness (QED) is 0.368. The Balaban J connectivity index is 1.72. The summed E-state index contributed by atoms with van der Waals surface area (Å²) in [6, 6.07) is 10.9. The van der Waals surface area contributed by atoms with Crippen molar-refractivity contribution in [3.05, 3.63) is 70.8 Å². The van der Waals surface area contributed by atoms with Crippen molar-refractivity contribution in [1.82, 2.24) is 5.32 Å². The highest BCUT2D eigenvalue weighted by Crippen LogP contribution is 2.37. The normalized spacial score (nSPS) is 17.0. The Labute approximate surface area is 204 Å². The van der Waals surface area contributed by atoms with Crippen molar-refractivity contribution in [2.24, 2.45) is 0 Å². The SMILES string of the molecule is COC(=O)C(COCC1(c2ccccc2)CCNCC1)OCc1cc(C(F)(F)F)cc(C(F)(F)F)c1. The average Bonchev–Trinajstić information content (AvgIpc) is 2.85. The molecule has 36 heavy (non-hydrogen) atoms. The van der Waals surface area contributed by atoms with Gasteiger partial charge < -0.3 is 19.5 Å². The Hall–Kier alpha value is -2.63. The molecule has 11 heteroatoms. The van der Waals surface area contributed by atoms with Crippen molar-refractivity contribution in [2.75, 3.05) is 33.4 Å². The van der Waals surface area contributed by atoms with E-state index in [0.29, 0.717) is 12.1 Å². The molecular weight excluding hydrogens is 492 g/mol.